The Morgan fingerprint density at radius 1 is 1.69 bits per heavy atom. The van der Waals surface area contributed by atoms with Crippen LogP contribution in [0.15, 0.2) is 10.9 Å². The number of rotatable bonds is 5. The van der Waals surface area contributed by atoms with Crippen LogP contribution < -0.4 is 10.6 Å². The summed E-state index contributed by atoms with van der Waals surface area (Å²) in [6.45, 7) is 3.58. The Hall–Kier alpha value is -0.940. The highest BCUT2D eigenvalue weighted by Crippen LogP contribution is 1.99. The fourth-order valence-corrected chi connectivity index (χ4v) is 1.45. The van der Waals surface area contributed by atoms with E-state index in [2.05, 4.69) is 15.6 Å². The van der Waals surface area contributed by atoms with Gasteiger partial charge in [-0.25, -0.2) is 4.98 Å². The van der Waals surface area contributed by atoms with E-state index in [9.17, 15) is 4.79 Å². The first-order valence-corrected chi connectivity index (χ1v) is 5.11. The lowest BCUT2D eigenvalue weighted by molar-refractivity contribution is -0.120. The normalized spacial score (nSPS) is 9.92. The molecule has 0 aliphatic rings. The average molecular weight is 199 g/mol. The topological polar surface area (TPSA) is 54.0 Å². The zero-order chi connectivity index (χ0) is 9.52. The minimum atomic E-state index is 0.0257. The van der Waals surface area contributed by atoms with Crippen LogP contribution in [-0.2, 0) is 11.3 Å². The van der Waals surface area contributed by atoms with E-state index in [0.29, 0.717) is 19.6 Å². The number of aromatic nitrogens is 1. The summed E-state index contributed by atoms with van der Waals surface area (Å²) >= 11 is 1.56. The SMILES string of the molecule is CCNC(=O)CNCc1cscn1. The number of thiazole rings is 1. The van der Waals surface area contributed by atoms with Gasteiger partial charge in [0.05, 0.1) is 17.7 Å². The molecule has 2 N–H and O–H groups in total. The number of nitrogens with zero attached hydrogens (tertiary/aromatic N) is 1. The Labute approximate surface area is 81.4 Å². The van der Waals surface area contributed by atoms with Crippen LogP contribution in [0, 0.1) is 0 Å². The maximum absolute atomic E-state index is 11.0. The number of carbonyl (C=O) groups is 1. The van der Waals surface area contributed by atoms with Crippen molar-refractivity contribution in [1.29, 1.82) is 0 Å². The number of hydrogen-bond donors (Lipinski definition) is 2. The van der Waals surface area contributed by atoms with Crippen molar-refractivity contribution in [1.82, 2.24) is 15.6 Å². The lowest BCUT2D eigenvalue weighted by Gasteiger charge is -2.02. The summed E-state index contributed by atoms with van der Waals surface area (Å²) in [7, 11) is 0. The standard InChI is InChI=1S/C8H13N3OS/c1-2-10-8(12)4-9-3-7-5-13-6-11-7/h5-6,9H,2-4H2,1H3,(H,10,12). The van der Waals surface area contributed by atoms with Crippen LogP contribution in [0.4, 0.5) is 0 Å². The first-order valence-electron chi connectivity index (χ1n) is 4.17. The molecule has 1 aromatic heterocycles. The Morgan fingerprint density at radius 2 is 2.54 bits per heavy atom. The van der Waals surface area contributed by atoms with Gasteiger partial charge in [0, 0.05) is 18.5 Å². The second-order valence-electron chi connectivity index (χ2n) is 2.54. The third-order valence-electron chi connectivity index (χ3n) is 1.45. The molecule has 0 spiro atoms. The van der Waals surface area contributed by atoms with Crippen LogP contribution in [0.3, 0.4) is 0 Å². The van der Waals surface area contributed by atoms with Gasteiger partial charge in [-0.15, -0.1) is 11.3 Å². The highest BCUT2D eigenvalue weighted by molar-refractivity contribution is 7.07. The molecular formula is C8H13N3OS. The molecule has 0 aliphatic heterocycles. The first-order chi connectivity index (χ1) is 6.33. The third kappa shape index (κ3) is 4.00. The van der Waals surface area contributed by atoms with Crippen molar-refractivity contribution < 1.29 is 4.79 Å². The number of hydrogen-bond acceptors (Lipinski definition) is 4. The monoisotopic (exact) mass is 199 g/mol. The summed E-state index contributed by atoms with van der Waals surface area (Å²) in [6.07, 6.45) is 0. The molecule has 0 atom stereocenters. The number of amides is 1. The number of likely N-dealkylation sites (N-methyl/N-ethyl adjacent to an activating group) is 1. The molecule has 0 saturated carbocycles. The first kappa shape index (κ1) is 10.1. The smallest absolute Gasteiger partial charge is 0.233 e. The quantitative estimate of drug-likeness (QED) is 0.720. The highest BCUT2D eigenvalue weighted by atomic mass is 32.1. The largest absolute Gasteiger partial charge is 0.355 e. The second kappa shape index (κ2) is 5.66. The minimum Gasteiger partial charge on any atom is -0.355 e. The maximum Gasteiger partial charge on any atom is 0.233 e. The molecule has 0 aliphatic carbocycles. The Morgan fingerprint density at radius 3 is 3.15 bits per heavy atom. The fourth-order valence-electron chi connectivity index (χ4n) is 0.889. The van der Waals surface area contributed by atoms with Gasteiger partial charge >= 0.3 is 0 Å². The van der Waals surface area contributed by atoms with Crippen molar-refractivity contribution in [2.75, 3.05) is 13.1 Å². The van der Waals surface area contributed by atoms with Crippen LogP contribution in [0.2, 0.25) is 0 Å². The summed E-state index contributed by atoms with van der Waals surface area (Å²) in [6, 6.07) is 0. The molecule has 1 amide bonds. The van der Waals surface area contributed by atoms with E-state index >= 15 is 0 Å². The molecule has 13 heavy (non-hydrogen) atoms. The van der Waals surface area contributed by atoms with E-state index in [0.717, 1.165) is 5.69 Å². The van der Waals surface area contributed by atoms with Crippen LogP contribution in [0.25, 0.3) is 0 Å². The summed E-state index contributed by atoms with van der Waals surface area (Å²) in [5, 5.41) is 7.67. The lowest BCUT2D eigenvalue weighted by atomic mass is 10.4. The van der Waals surface area contributed by atoms with Gasteiger partial charge in [-0.3, -0.25) is 4.79 Å². The van der Waals surface area contributed by atoms with Gasteiger partial charge in [0.2, 0.25) is 5.91 Å². The summed E-state index contributed by atoms with van der Waals surface area (Å²) in [4.78, 5) is 15.1. The van der Waals surface area contributed by atoms with E-state index < -0.39 is 0 Å². The van der Waals surface area contributed by atoms with Crippen molar-refractivity contribution in [2.24, 2.45) is 0 Å². The van der Waals surface area contributed by atoms with Gasteiger partial charge in [-0.1, -0.05) is 0 Å². The van der Waals surface area contributed by atoms with Gasteiger partial charge in [0.1, 0.15) is 0 Å². The van der Waals surface area contributed by atoms with Crippen LogP contribution in [-0.4, -0.2) is 24.0 Å². The minimum absolute atomic E-state index is 0.0257. The molecule has 4 nitrogen and oxygen atoms in total. The predicted molar refractivity (Wildman–Crippen MR) is 52.5 cm³/mol. The zero-order valence-electron chi connectivity index (χ0n) is 7.54. The summed E-state index contributed by atoms with van der Waals surface area (Å²) in [5.74, 6) is 0.0257. The molecule has 0 saturated heterocycles. The Kier molecular flexibility index (Phi) is 4.42. The summed E-state index contributed by atoms with van der Waals surface area (Å²) in [5.41, 5.74) is 2.76. The maximum atomic E-state index is 11.0. The van der Waals surface area contributed by atoms with Gasteiger partial charge in [0.25, 0.3) is 0 Å². The van der Waals surface area contributed by atoms with Crippen molar-refractivity contribution in [3.8, 4) is 0 Å². The molecule has 72 valence electrons. The van der Waals surface area contributed by atoms with Gasteiger partial charge < -0.3 is 10.6 Å². The predicted octanol–water partition coefficient (Wildman–Crippen LogP) is 0.369. The molecular weight excluding hydrogens is 186 g/mol. The van der Waals surface area contributed by atoms with Crippen molar-refractivity contribution in [3.05, 3.63) is 16.6 Å². The molecule has 1 rings (SSSR count). The van der Waals surface area contributed by atoms with E-state index in [1.165, 1.54) is 0 Å². The molecule has 0 bridgehead atoms. The van der Waals surface area contributed by atoms with Gasteiger partial charge in [-0.2, -0.15) is 0 Å². The van der Waals surface area contributed by atoms with Gasteiger partial charge in [0.15, 0.2) is 0 Å². The highest BCUT2D eigenvalue weighted by Gasteiger charge is 1.98. The number of carbonyl (C=O) groups excluding carboxylic acids is 1. The molecule has 1 aromatic rings. The third-order valence-corrected chi connectivity index (χ3v) is 2.08. The molecule has 0 aromatic carbocycles. The number of nitrogens with one attached hydrogen (secondary N) is 2. The molecule has 0 fully saturated rings. The van der Waals surface area contributed by atoms with Crippen molar-refractivity contribution in [3.63, 3.8) is 0 Å². The molecule has 0 radical (unpaired) electrons. The van der Waals surface area contributed by atoms with E-state index in [4.69, 9.17) is 0 Å². The van der Waals surface area contributed by atoms with Crippen molar-refractivity contribution in [2.45, 2.75) is 13.5 Å². The molecule has 5 heteroatoms. The second-order valence-corrected chi connectivity index (χ2v) is 3.26. The lowest BCUT2D eigenvalue weighted by Crippen LogP contribution is -2.33. The molecule has 1 heterocycles. The average Bonchev–Trinajstić information content (AvgIpc) is 2.57. The van der Waals surface area contributed by atoms with Crippen LogP contribution in [0.5, 0.6) is 0 Å². The molecule has 0 unspecified atom stereocenters. The summed E-state index contributed by atoms with van der Waals surface area (Å²) < 4.78 is 0. The van der Waals surface area contributed by atoms with Crippen molar-refractivity contribution >= 4 is 17.2 Å². The van der Waals surface area contributed by atoms with E-state index in [1.807, 2.05) is 12.3 Å². The van der Waals surface area contributed by atoms with Crippen LogP contribution in [0.1, 0.15) is 12.6 Å². The zero-order valence-corrected chi connectivity index (χ0v) is 8.36. The van der Waals surface area contributed by atoms with Crippen LogP contribution >= 0.6 is 11.3 Å². The Balaban J connectivity index is 2.11. The van der Waals surface area contributed by atoms with E-state index in [-0.39, 0.29) is 5.91 Å². The van der Waals surface area contributed by atoms with Gasteiger partial charge in [-0.05, 0) is 6.92 Å². The van der Waals surface area contributed by atoms with E-state index in [1.54, 1.807) is 16.8 Å². The fraction of sp³-hybridized carbons (Fsp3) is 0.500. The Bertz CT molecular complexity index is 248.